The van der Waals surface area contributed by atoms with Gasteiger partial charge < -0.3 is 29.9 Å². The molecule has 0 atom stereocenters. The van der Waals surface area contributed by atoms with Crippen LogP contribution in [0.15, 0.2) is 12.1 Å². The van der Waals surface area contributed by atoms with Gasteiger partial charge in [0.15, 0.2) is 0 Å². The molecular formula is C19H30N4O3. The lowest BCUT2D eigenvalue weighted by Gasteiger charge is -2.35. The van der Waals surface area contributed by atoms with E-state index < -0.39 is 0 Å². The minimum Gasteiger partial charge on any atom is -0.493 e. The lowest BCUT2D eigenvalue weighted by Crippen LogP contribution is -2.48. The van der Waals surface area contributed by atoms with Crippen LogP contribution in [0.4, 0.5) is 11.4 Å². The van der Waals surface area contributed by atoms with Crippen molar-refractivity contribution in [2.45, 2.75) is 13.8 Å². The van der Waals surface area contributed by atoms with Gasteiger partial charge in [0.05, 0.1) is 36.8 Å². The van der Waals surface area contributed by atoms with E-state index in [9.17, 15) is 4.79 Å². The Bertz CT molecular complexity index is 623. The average Bonchev–Trinajstić information content (AvgIpc) is 2.68. The van der Waals surface area contributed by atoms with Crippen molar-refractivity contribution in [3.8, 4) is 5.75 Å². The minimum atomic E-state index is 0.0266. The first-order chi connectivity index (χ1) is 12.6. The molecule has 1 aromatic rings. The molecule has 2 aliphatic rings. The Balaban J connectivity index is 1.86. The molecule has 2 aliphatic heterocycles. The van der Waals surface area contributed by atoms with Crippen LogP contribution in [0.25, 0.3) is 0 Å². The maximum Gasteiger partial charge on any atom is 0.257 e. The van der Waals surface area contributed by atoms with E-state index in [0.717, 1.165) is 51.5 Å². The Morgan fingerprint density at radius 3 is 2.42 bits per heavy atom. The van der Waals surface area contributed by atoms with E-state index >= 15 is 0 Å². The van der Waals surface area contributed by atoms with Crippen molar-refractivity contribution >= 4 is 17.3 Å². The largest absolute Gasteiger partial charge is 0.493 e. The lowest BCUT2D eigenvalue weighted by molar-refractivity contribution is 0.0639. The van der Waals surface area contributed by atoms with Gasteiger partial charge in [-0.3, -0.25) is 4.79 Å². The molecule has 7 nitrogen and oxygen atoms in total. The summed E-state index contributed by atoms with van der Waals surface area (Å²) < 4.78 is 11.2. The number of benzene rings is 1. The predicted molar refractivity (Wildman–Crippen MR) is 103 cm³/mol. The number of carbonyl (C=O) groups is 1. The molecule has 144 valence electrons. The monoisotopic (exact) mass is 362 g/mol. The first-order valence-electron chi connectivity index (χ1n) is 9.54. The van der Waals surface area contributed by atoms with Crippen molar-refractivity contribution in [3.05, 3.63) is 17.7 Å². The SMILES string of the molecule is CCOc1cc(N)c(N2CCOCC2)cc1C(=O)N1CCN(CC)CC1. The Labute approximate surface area is 155 Å². The van der Waals surface area contributed by atoms with E-state index in [4.69, 9.17) is 15.2 Å². The lowest BCUT2D eigenvalue weighted by atomic mass is 10.1. The first-order valence-corrected chi connectivity index (χ1v) is 9.54. The number of likely N-dealkylation sites (N-methyl/N-ethyl adjacent to an activating group) is 1. The molecule has 3 rings (SSSR count). The number of hydrogen-bond donors (Lipinski definition) is 1. The number of hydrogen-bond acceptors (Lipinski definition) is 6. The normalized spacial score (nSPS) is 18.8. The van der Waals surface area contributed by atoms with Crippen LogP contribution >= 0.6 is 0 Å². The molecule has 0 aliphatic carbocycles. The van der Waals surface area contributed by atoms with Crippen LogP contribution in [0.1, 0.15) is 24.2 Å². The van der Waals surface area contributed by atoms with E-state index in [0.29, 0.717) is 36.8 Å². The van der Waals surface area contributed by atoms with Crippen LogP contribution in [-0.2, 0) is 4.74 Å². The minimum absolute atomic E-state index is 0.0266. The highest BCUT2D eigenvalue weighted by atomic mass is 16.5. The van der Waals surface area contributed by atoms with Gasteiger partial charge in [0, 0.05) is 45.3 Å². The summed E-state index contributed by atoms with van der Waals surface area (Å²) in [6.45, 7) is 11.8. The van der Waals surface area contributed by atoms with Crippen LogP contribution in [0.5, 0.6) is 5.75 Å². The van der Waals surface area contributed by atoms with E-state index in [2.05, 4.69) is 16.7 Å². The maximum absolute atomic E-state index is 13.2. The van der Waals surface area contributed by atoms with Crippen molar-refractivity contribution in [2.24, 2.45) is 0 Å². The van der Waals surface area contributed by atoms with Gasteiger partial charge in [-0.25, -0.2) is 0 Å². The molecule has 0 spiro atoms. The number of anilines is 2. The van der Waals surface area contributed by atoms with Gasteiger partial charge in [0.2, 0.25) is 0 Å². The molecule has 1 aromatic carbocycles. The van der Waals surface area contributed by atoms with Crippen LogP contribution in [0.3, 0.4) is 0 Å². The third kappa shape index (κ3) is 4.04. The van der Waals surface area contributed by atoms with Crippen molar-refractivity contribution in [1.82, 2.24) is 9.80 Å². The van der Waals surface area contributed by atoms with Crippen molar-refractivity contribution < 1.29 is 14.3 Å². The molecule has 0 aromatic heterocycles. The van der Waals surface area contributed by atoms with Crippen LogP contribution < -0.4 is 15.4 Å². The van der Waals surface area contributed by atoms with Crippen molar-refractivity contribution in [3.63, 3.8) is 0 Å². The van der Waals surface area contributed by atoms with Crippen LogP contribution in [0, 0.1) is 0 Å². The summed E-state index contributed by atoms with van der Waals surface area (Å²) in [5.41, 5.74) is 8.41. The molecule has 0 bridgehead atoms. The zero-order chi connectivity index (χ0) is 18.5. The van der Waals surface area contributed by atoms with Crippen LogP contribution in [0.2, 0.25) is 0 Å². The van der Waals surface area contributed by atoms with E-state index in [-0.39, 0.29) is 5.91 Å². The fourth-order valence-electron chi connectivity index (χ4n) is 3.54. The van der Waals surface area contributed by atoms with Crippen LogP contribution in [-0.4, -0.2) is 81.3 Å². The second-order valence-corrected chi connectivity index (χ2v) is 6.67. The number of amides is 1. The molecule has 2 fully saturated rings. The highest BCUT2D eigenvalue weighted by molar-refractivity contribution is 5.99. The fourth-order valence-corrected chi connectivity index (χ4v) is 3.54. The molecule has 2 saturated heterocycles. The summed E-state index contributed by atoms with van der Waals surface area (Å²) in [6, 6.07) is 3.70. The van der Waals surface area contributed by atoms with E-state index in [1.165, 1.54) is 0 Å². The Kier molecular flexibility index (Phi) is 6.21. The third-order valence-electron chi connectivity index (χ3n) is 5.12. The molecule has 7 heteroatoms. The topological polar surface area (TPSA) is 71.3 Å². The Hall–Kier alpha value is -1.99. The van der Waals surface area contributed by atoms with Gasteiger partial charge in [-0.15, -0.1) is 0 Å². The molecule has 0 unspecified atom stereocenters. The maximum atomic E-state index is 13.2. The number of rotatable bonds is 5. The summed E-state index contributed by atoms with van der Waals surface area (Å²) in [5, 5.41) is 0. The van der Waals surface area contributed by atoms with E-state index in [1.807, 2.05) is 17.9 Å². The number of nitrogen functional groups attached to an aromatic ring is 1. The second-order valence-electron chi connectivity index (χ2n) is 6.67. The number of carbonyl (C=O) groups excluding carboxylic acids is 1. The number of nitrogens with zero attached hydrogens (tertiary/aromatic N) is 3. The Morgan fingerprint density at radius 2 is 1.81 bits per heavy atom. The Morgan fingerprint density at radius 1 is 1.12 bits per heavy atom. The standard InChI is InChI=1S/C19H30N4O3/c1-3-21-5-7-23(8-6-21)19(24)15-13-17(22-9-11-25-12-10-22)16(20)14-18(15)26-4-2/h13-14H,3-12,20H2,1-2H3. The summed E-state index contributed by atoms with van der Waals surface area (Å²) in [5.74, 6) is 0.601. The van der Waals surface area contributed by atoms with Gasteiger partial charge in [-0.05, 0) is 19.5 Å². The molecule has 1 amide bonds. The van der Waals surface area contributed by atoms with Gasteiger partial charge in [-0.1, -0.05) is 6.92 Å². The number of nitrogens with two attached hydrogens (primary N) is 1. The molecule has 2 heterocycles. The summed E-state index contributed by atoms with van der Waals surface area (Å²) in [7, 11) is 0. The number of piperazine rings is 1. The second kappa shape index (κ2) is 8.60. The smallest absolute Gasteiger partial charge is 0.257 e. The molecular weight excluding hydrogens is 332 g/mol. The number of morpholine rings is 1. The molecule has 0 saturated carbocycles. The summed E-state index contributed by atoms with van der Waals surface area (Å²) in [6.07, 6.45) is 0. The quantitative estimate of drug-likeness (QED) is 0.796. The zero-order valence-electron chi connectivity index (χ0n) is 15.9. The van der Waals surface area contributed by atoms with Crippen molar-refractivity contribution in [2.75, 3.05) is 76.3 Å². The van der Waals surface area contributed by atoms with Gasteiger partial charge in [0.25, 0.3) is 5.91 Å². The zero-order valence-corrected chi connectivity index (χ0v) is 15.9. The molecule has 2 N–H and O–H groups in total. The highest BCUT2D eigenvalue weighted by Gasteiger charge is 2.26. The highest BCUT2D eigenvalue weighted by Crippen LogP contribution is 2.33. The summed E-state index contributed by atoms with van der Waals surface area (Å²) >= 11 is 0. The predicted octanol–water partition coefficient (Wildman–Crippen LogP) is 1.28. The number of ether oxygens (including phenoxy) is 2. The van der Waals surface area contributed by atoms with Gasteiger partial charge in [0.1, 0.15) is 5.75 Å². The summed E-state index contributed by atoms with van der Waals surface area (Å²) in [4.78, 5) is 19.6. The third-order valence-corrected chi connectivity index (χ3v) is 5.12. The van der Waals surface area contributed by atoms with E-state index in [1.54, 1.807) is 6.07 Å². The first kappa shape index (κ1) is 18.8. The van der Waals surface area contributed by atoms with Crippen molar-refractivity contribution in [1.29, 1.82) is 0 Å². The van der Waals surface area contributed by atoms with Gasteiger partial charge >= 0.3 is 0 Å². The molecule has 26 heavy (non-hydrogen) atoms. The van der Waals surface area contributed by atoms with Gasteiger partial charge in [-0.2, -0.15) is 0 Å². The fraction of sp³-hybridized carbons (Fsp3) is 0.632. The average molecular weight is 362 g/mol. The molecule has 0 radical (unpaired) electrons.